The van der Waals surface area contributed by atoms with Crippen molar-refractivity contribution >= 4 is 35.3 Å². The van der Waals surface area contributed by atoms with Gasteiger partial charge in [-0.3, -0.25) is 25.0 Å². The maximum absolute atomic E-state index is 13.1. The number of alkyl halides is 3. The molecule has 4 rings (SSSR count). The van der Waals surface area contributed by atoms with Crippen LogP contribution in [0.25, 0.3) is 6.08 Å². The fourth-order valence-corrected chi connectivity index (χ4v) is 3.64. The molecule has 1 fully saturated rings. The van der Waals surface area contributed by atoms with Crippen molar-refractivity contribution < 1.29 is 37.2 Å². The number of aryl methyl sites for hydroxylation is 2. The van der Waals surface area contributed by atoms with Crippen LogP contribution in [0.4, 0.5) is 29.3 Å². The smallest absolute Gasteiger partial charge is 0.416 e. The van der Waals surface area contributed by atoms with Crippen molar-refractivity contribution in [2.24, 2.45) is 0 Å². The number of hydrogen-bond donors (Lipinski definition) is 1. The lowest BCUT2D eigenvalue weighted by Gasteiger charge is -2.26. The van der Waals surface area contributed by atoms with Crippen LogP contribution >= 0.6 is 0 Å². The molecule has 1 saturated heterocycles. The molecule has 1 aliphatic rings. The Labute approximate surface area is 213 Å². The largest absolute Gasteiger partial charge is 0.450 e. The minimum Gasteiger partial charge on any atom is -0.450 e. The quantitative estimate of drug-likeness (QED) is 0.198. The normalized spacial score (nSPS) is 15.0. The standard InChI is InChI=1S/C26H18F3N3O6/c1-14-6-8-18(10-15(14)2)31-24(34)20(23(33)30-25(31)35)12-16-4-3-5-19(11-16)38-22-9-7-17(26(27,28)29)13-21(22)32(36)37/h3-13H,1-2H3,(H,30,33,35)/b20-12-. The van der Waals surface area contributed by atoms with E-state index in [4.69, 9.17) is 4.74 Å². The van der Waals surface area contributed by atoms with E-state index >= 15 is 0 Å². The molecule has 1 aliphatic heterocycles. The van der Waals surface area contributed by atoms with Crippen LogP contribution in [0.3, 0.4) is 0 Å². The molecular formula is C26H18F3N3O6. The highest BCUT2D eigenvalue weighted by Crippen LogP contribution is 2.38. The second-order valence-corrected chi connectivity index (χ2v) is 8.34. The summed E-state index contributed by atoms with van der Waals surface area (Å²) in [6.45, 7) is 3.67. The zero-order chi connectivity index (χ0) is 27.8. The van der Waals surface area contributed by atoms with Crippen molar-refractivity contribution in [3.63, 3.8) is 0 Å². The van der Waals surface area contributed by atoms with Crippen molar-refractivity contribution in [2.45, 2.75) is 20.0 Å². The molecule has 3 aromatic carbocycles. The van der Waals surface area contributed by atoms with Crippen LogP contribution < -0.4 is 15.0 Å². The molecule has 1 heterocycles. The Hall–Kier alpha value is -5.00. The third-order valence-electron chi connectivity index (χ3n) is 5.73. The van der Waals surface area contributed by atoms with Gasteiger partial charge in [-0.15, -0.1) is 0 Å². The van der Waals surface area contributed by atoms with Gasteiger partial charge in [0.25, 0.3) is 11.8 Å². The number of urea groups is 1. The maximum Gasteiger partial charge on any atom is 0.416 e. The van der Waals surface area contributed by atoms with Gasteiger partial charge in [0.2, 0.25) is 5.75 Å². The van der Waals surface area contributed by atoms with Gasteiger partial charge in [-0.25, -0.2) is 9.69 Å². The number of hydrogen-bond acceptors (Lipinski definition) is 6. The highest BCUT2D eigenvalue weighted by molar-refractivity contribution is 6.39. The van der Waals surface area contributed by atoms with E-state index in [9.17, 15) is 37.7 Å². The number of carbonyl (C=O) groups excluding carboxylic acids is 3. The van der Waals surface area contributed by atoms with Crippen LogP contribution in [-0.4, -0.2) is 22.8 Å². The van der Waals surface area contributed by atoms with Crippen molar-refractivity contribution in [1.29, 1.82) is 0 Å². The highest BCUT2D eigenvalue weighted by Gasteiger charge is 2.37. The van der Waals surface area contributed by atoms with Gasteiger partial charge in [-0.05, 0) is 73.0 Å². The molecule has 0 bridgehead atoms. The number of nitrogens with zero attached hydrogens (tertiary/aromatic N) is 2. The Balaban J connectivity index is 1.66. The molecule has 0 unspecified atom stereocenters. The number of anilines is 1. The average molecular weight is 525 g/mol. The lowest BCUT2D eigenvalue weighted by molar-refractivity contribution is -0.385. The fourth-order valence-electron chi connectivity index (χ4n) is 3.64. The van der Waals surface area contributed by atoms with Gasteiger partial charge < -0.3 is 4.74 Å². The van der Waals surface area contributed by atoms with E-state index in [0.29, 0.717) is 12.1 Å². The van der Waals surface area contributed by atoms with Crippen LogP contribution in [0, 0.1) is 24.0 Å². The molecule has 9 nitrogen and oxygen atoms in total. The number of amides is 4. The molecule has 194 valence electrons. The number of imide groups is 2. The number of nitro benzene ring substituents is 1. The number of benzene rings is 3. The van der Waals surface area contributed by atoms with Gasteiger partial charge in [-0.1, -0.05) is 18.2 Å². The molecule has 0 aromatic heterocycles. The molecule has 1 N–H and O–H groups in total. The number of halogens is 3. The summed E-state index contributed by atoms with van der Waals surface area (Å²) in [5.41, 5.74) is -0.179. The third kappa shape index (κ3) is 5.24. The molecule has 0 spiro atoms. The summed E-state index contributed by atoms with van der Waals surface area (Å²) < 4.78 is 44.4. The van der Waals surface area contributed by atoms with Crippen LogP contribution in [0.15, 0.2) is 66.2 Å². The lowest BCUT2D eigenvalue weighted by atomic mass is 10.0. The molecule has 0 atom stereocenters. The first-order valence-corrected chi connectivity index (χ1v) is 11.0. The summed E-state index contributed by atoms with van der Waals surface area (Å²) in [5.74, 6) is -2.24. The number of nitrogens with one attached hydrogen (secondary N) is 1. The van der Waals surface area contributed by atoms with Crippen LogP contribution in [0.2, 0.25) is 0 Å². The monoisotopic (exact) mass is 525 g/mol. The van der Waals surface area contributed by atoms with E-state index in [2.05, 4.69) is 5.32 Å². The second kappa shape index (κ2) is 9.81. The Morgan fingerprint density at radius 2 is 1.71 bits per heavy atom. The Kier molecular flexibility index (Phi) is 6.73. The van der Waals surface area contributed by atoms with Gasteiger partial charge in [0, 0.05) is 6.07 Å². The van der Waals surface area contributed by atoms with E-state index in [-0.39, 0.29) is 22.6 Å². The molecule has 38 heavy (non-hydrogen) atoms. The molecule has 3 aromatic rings. The van der Waals surface area contributed by atoms with Gasteiger partial charge in [-0.2, -0.15) is 13.2 Å². The zero-order valence-electron chi connectivity index (χ0n) is 19.8. The summed E-state index contributed by atoms with van der Waals surface area (Å²) in [6.07, 6.45) is -3.58. The first-order chi connectivity index (χ1) is 17.8. The number of carbonyl (C=O) groups is 3. The molecule has 0 radical (unpaired) electrons. The van der Waals surface area contributed by atoms with Crippen LogP contribution in [-0.2, 0) is 15.8 Å². The molecule has 12 heteroatoms. The summed E-state index contributed by atoms with van der Waals surface area (Å²) in [5, 5.41) is 13.5. The van der Waals surface area contributed by atoms with Gasteiger partial charge in [0.1, 0.15) is 11.3 Å². The topological polar surface area (TPSA) is 119 Å². The maximum atomic E-state index is 13.1. The number of barbiturate groups is 1. The number of ether oxygens (including phenoxy) is 1. The van der Waals surface area contributed by atoms with Crippen molar-refractivity contribution in [1.82, 2.24) is 5.32 Å². The van der Waals surface area contributed by atoms with E-state index in [1.807, 2.05) is 6.92 Å². The third-order valence-corrected chi connectivity index (χ3v) is 5.73. The second-order valence-electron chi connectivity index (χ2n) is 8.34. The van der Waals surface area contributed by atoms with Gasteiger partial charge in [0.05, 0.1) is 16.2 Å². The SMILES string of the molecule is Cc1ccc(N2C(=O)NC(=O)/C(=C/c3cccc(Oc4ccc(C(F)(F)F)cc4[N+](=O)[O-])c3)C2=O)cc1C. The molecule has 0 saturated carbocycles. The summed E-state index contributed by atoms with van der Waals surface area (Å²) in [6, 6.07) is 11.5. The summed E-state index contributed by atoms with van der Waals surface area (Å²) in [4.78, 5) is 49.2. The number of rotatable bonds is 5. The van der Waals surface area contributed by atoms with Gasteiger partial charge >= 0.3 is 17.9 Å². The number of nitro groups is 1. The van der Waals surface area contributed by atoms with Crippen LogP contribution in [0.5, 0.6) is 11.5 Å². The van der Waals surface area contributed by atoms with Crippen molar-refractivity contribution in [2.75, 3.05) is 4.90 Å². The summed E-state index contributed by atoms with van der Waals surface area (Å²) in [7, 11) is 0. The predicted octanol–water partition coefficient (Wildman–Crippen LogP) is 5.69. The Morgan fingerprint density at radius 3 is 2.37 bits per heavy atom. The van der Waals surface area contributed by atoms with E-state index in [0.717, 1.165) is 22.1 Å². The predicted molar refractivity (Wildman–Crippen MR) is 130 cm³/mol. The highest BCUT2D eigenvalue weighted by atomic mass is 19.4. The molecule has 4 amide bonds. The van der Waals surface area contributed by atoms with Crippen LogP contribution in [0.1, 0.15) is 22.3 Å². The minimum atomic E-state index is -4.78. The van der Waals surface area contributed by atoms with E-state index < -0.39 is 45.9 Å². The first-order valence-electron chi connectivity index (χ1n) is 11.0. The fraction of sp³-hybridized carbons (Fsp3) is 0.115. The Morgan fingerprint density at radius 1 is 0.974 bits per heavy atom. The molecular weight excluding hydrogens is 507 g/mol. The van der Waals surface area contributed by atoms with E-state index in [1.54, 1.807) is 25.1 Å². The lowest BCUT2D eigenvalue weighted by Crippen LogP contribution is -2.54. The van der Waals surface area contributed by atoms with Gasteiger partial charge in [0.15, 0.2) is 0 Å². The molecule has 0 aliphatic carbocycles. The minimum absolute atomic E-state index is 0.00651. The average Bonchev–Trinajstić information content (AvgIpc) is 2.83. The van der Waals surface area contributed by atoms with Crippen molar-refractivity contribution in [3.8, 4) is 11.5 Å². The Bertz CT molecular complexity index is 1530. The van der Waals surface area contributed by atoms with Crippen molar-refractivity contribution in [3.05, 3.63) is 98.6 Å². The zero-order valence-corrected chi connectivity index (χ0v) is 19.8. The van der Waals surface area contributed by atoms with E-state index in [1.165, 1.54) is 30.3 Å². The summed E-state index contributed by atoms with van der Waals surface area (Å²) >= 11 is 0. The first kappa shape index (κ1) is 26.1.